The Bertz CT molecular complexity index is 1190. The van der Waals surface area contributed by atoms with Crippen molar-refractivity contribution in [2.45, 2.75) is 6.10 Å². The second kappa shape index (κ2) is 8.57. The maximum absolute atomic E-state index is 13.3. The number of rotatable bonds is 5. The number of ether oxygens (including phenoxy) is 2. The Morgan fingerprint density at radius 2 is 1.84 bits per heavy atom. The minimum atomic E-state index is -0.231. The Labute approximate surface area is 179 Å². The molecule has 3 heterocycles. The van der Waals surface area contributed by atoms with E-state index in [2.05, 4.69) is 9.97 Å². The number of hydrogen-bond donors (Lipinski definition) is 0. The van der Waals surface area contributed by atoms with Crippen molar-refractivity contribution in [1.82, 2.24) is 19.4 Å². The molecule has 2 aromatic heterocycles. The lowest BCUT2D eigenvalue weighted by Gasteiger charge is -2.33. The quantitative estimate of drug-likeness (QED) is 0.501. The highest BCUT2D eigenvalue weighted by atomic mass is 16.5. The molecule has 0 spiro atoms. The van der Waals surface area contributed by atoms with Gasteiger partial charge in [-0.15, -0.1) is 0 Å². The number of carbonyl (C=O) groups excluding carboxylic acids is 1. The molecule has 0 bridgehead atoms. The number of carbonyl (C=O) groups is 1. The predicted molar refractivity (Wildman–Crippen MR) is 116 cm³/mol. The first-order valence-corrected chi connectivity index (χ1v) is 10.3. The van der Waals surface area contributed by atoms with Crippen LogP contribution in [-0.4, -0.2) is 57.7 Å². The maximum atomic E-state index is 13.3. The van der Waals surface area contributed by atoms with E-state index in [4.69, 9.17) is 9.47 Å². The Balaban J connectivity index is 1.29. The fourth-order valence-corrected chi connectivity index (χ4v) is 3.82. The molecule has 1 amide bonds. The van der Waals surface area contributed by atoms with Crippen LogP contribution in [0.5, 0.6) is 5.88 Å². The van der Waals surface area contributed by atoms with Crippen molar-refractivity contribution in [1.29, 1.82) is 0 Å². The van der Waals surface area contributed by atoms with Crippen molar-refractivity contribution in [3.05, 3.63) is 84.9 Å². The Kier molecular flexibility index (Phi) is 5.33. The number of fused-ring (bicyclic) bond motifs is 1. The molecule has 1 aliphatic heterocycles. The molecular weight excluding hydrogens is 392 g/mol. The molecule has 5 rings (SSSR count). The monoisotopic (exact) mass is 414 g/mol. The molecule has 1 atom stereocenters. The second-order valence-electron chi connectivity index (χ2n) is 7.36. The van der Waals surface area contributed by atoms with Crippen molar-refractivity contribution in [2.24, 2.45) is 0 Å². The lowest BCUT2D eigenvalue weighted by atomic mass is 10.1. The fraction of sp³-hybridized carbons (Fsp3) is 0.208. The molecule has 4 aromatic rings. The first-order chi connectivity index (χ1) is 15.3. The summed E-state index contributed by atoms with van der Waals surface area (Å²) in [6, 6.07) is 19.2. The highest BCUT2D eigenvalue weighted by Gasteiger charge is 2.27. The standard InChI is InChI=1S/C24H22N4O3/c29-24(20-8-2-4-10-22(20)27-11-5-6-12-27)28-13-14-30-18(15-28)16-31-23-19-7-1-3-9-21(19)25-17-26-23/h1-12,17-18H,13-16H2. The Morgan fingerprint density at radius 3 is 2.74 bits per heavy atom. The average Bonchev–Trinajstić information content (AvgIpc) is 3.37. The third kappa shape index (κ3) is 4.00. The van der Waals surface area contributed by atoms with E-state index in [-0.39, 0.29) is 12.0 Å². The molecule has 1 saturated heterocycles. The van der Waals surface area contributed by atoms with Crippen molar-refractivity contribution in [3.8, 4) is 11.6 Å². The van der Waals surface area contributed by atoms with Crippen LogP contribution < -0.4 is 4.74 Å². The first-order valence-electron chi connectivity index (χ1n) is 10.3. The zero-order valence-electron chi connectivity index (χ0n) is 16.9. The summed E-state index contributed by atoms with van der Waals surface area (Å²) in [6.45, 7) is 1.79. The van der Waals surface area contributed by atoms with Gasteiger partial charge in [0.15, 0.2) is 0 Å². The minimum Gasteiger partial charge on any atom is -0.474 e. The van der Waals surface area contributed by atoms with Crippen LogP contribution >= 0.6 is 0 Å². The third-order valence-electron chi connectivity index (χ3n) is 5.36. The van der Waals surface area contributed by atoms with Crippen molar-refractivity contribution < 1.29 is 14.3 Å². The number of nitrogens with zero attached hydrogens (tertiary/aromatic N) is 4. The molecule has 7 heteroatoms. The zero-order valence-corrected chi connectivity index (χ0v) is 16.9. The van der Waals surface area contributed by atoms with Gasteiger partial charge in [-0.1, -0.05) is 24.3 Å². The predicted octanol–water partition coefficient (Wildman–Crippen LogP) is 3.34. The van der Waals surface area contributed by atoms with Crippen molar-refractivity contribution in [2.75, 3.05) is 26.3 Å². The molecule has 0 N–H and O–H groups in total. The van der Waals surface area contributed by atoms with Gasteiger partial charge in [0, 0.05) is 18.9 Å². The first kappa shape index (κ1) is 19.3. The maximum Gasteiger partial charge on any atom is 0.256 e. The summed E-state index contributed by atoms with van der Waals surface area (Å²) in [5.41, 5.74) is 2.36. The van der Waals surface area contributed by atoms with Gasteiger partial charge in [0.1, 0.15) is 19.0 Å². The summed E-state index contributed by atoms with van der Waals surface area (Å²) in [4.78, 5) is 23.7. The smallest absolute Gasteiger partial charge is 0.256 e. The van der Waals surface area contributed by atoms with Crippen LogP contribution in [0.15, 0.2) is 79.4 Å². The van der Waals surface area contributed by atoms with Crippen LogP contribution in [0.25, 0.3) is 16.6 Å². The number of amides is 1. The molecule has 31 heavy (non-hydrogen) atoms. The van der Waals surface area contributed by atoms with Crippen LogP contribution in [0, 0.1) is 0 Å². The van der Waals surface area contributed by atoms with Gasteiger partial charge < -0.3 is 18.9 Å². The van der Waals surface area contributed by atoms with Crippen LogP contribution in [-0.2, 0) is 4.74 Å². The SMILES string of the molecule is O=C(c1ccccc1-n1cccc1)N1CCOC(COc2ncnc3ccccc23)C1. The number of aromatic nitrogens is 3. The van der Waals surface area contributed by atoms with E-state index in [0.29, 0.717) is 37.7 Å². The fourth-order valence-electron chi connectivity index (χ4n) is 3.82. The summed E-state index contributed by atoms with van der Waals surface area (Å²) in [7, 11) is 0. The number of para-hydroxylation sites is 2. The molecule has 0 aliphatic carbocycles. The molecule has 1 aliphatic rings. The normalized spacial score (nSPS) is 16.4. The van der Waals surface area contributed by atoms with E-state index < -0.39 is 0 Å². The molecule has 156 valence electrons. The van der Waals surface area contributed by atoms with Crippen LogP contribution in [0.1, 0.15) is 10.4 Å². The largest absolute Gasteiger partial charge is 0.474 e. The van der Waals surface area contributed by atoms with Crippen molar-refractivity contribution >= 4 is 16.8 Å². The molecule has 0 saturated carbocycles. The highest BCUT2D eigenvalue weighted by molar-refractivity contribution is 5.98. The van der Waals surface area contributed by atoms with Gasteiger partial charge in [0.25, 0.3) is 5.91 Å². The van der Waals surface area contributed by atoms with Gasteiger partial charge in [-0.2, -0.15) is 0 Å². The van der Waals surface area contributed by atoms with Gasteiger partial charge in [-0.3, -0.25) is 4.79 Å². The third-order valence-corrected chi connectivity index (χ3v) is 5.36. The Morgan fingerprint density at radius 1 is 1.03 bits per heavy atom. The van der Waals surface area contributed by atoms with Gasteiger partial charge in [-0.05, 0) is 36.4 Å². The lowest BCUT2D eigenvalue weighted by Crippen LogP contribution is -2.47. The van der Waals surface area contributed by atoms with E-state index in [9.17, 15) is 4.79 Å². The molecular formula is C24H22N4O3. The summed E-state index contributed by atoms with van der Waals surface area (Å²) in [6.07, 6.45) is 5.14. The van der Waals surface area contributed by atoms with Crippen LogP contribution in [0.4, 0.5) is 0 Å². The highest BCUT2D eigenvalue weighted by Crippen LogP contribution is 2.22. The topological polar surface area (TPSA) is 69.5 Å². The summed E-state index contributed by atoms with van der Waals surface area (Å²) >= 11 is 0. The van der Waals surface area contributed by atoms with E-state index in [0.717, 1.165) is 16.6 Å². The molecule has 7 nitrogen and oxygen atoms in total. The van der Waals surface area contributed by atoms with Crippen LogP contribution in [0.3, 0.4) is 0 Å². The van der Waals surface area contributed by atoms with Gasteiger partial charge >= 0.3 is 0 Å². The molecule has 1 fully saturated rings. The minimum absolute atomic E-state index is 0.00918. The summed E-state index contributed by atoms with van der Waals surface area (Å²) < 4.78 is 13.8. The van der Waals surface area contributed by atoms with E-state index in [1.807, 2.05) is 82.5 Å². The number of benzene rings is 2. The lowest BCUT2D eigenvalue weighted by molar-refractivity contribution is -0.0405. The van der Waals surface area contributed by atoms with E-state index in [1.54, 1.807) is 0 Å². The summed E-state index contributed by atoms with van der Waals surface area (Å²) in [5.74, 6) is 0.515. The van der Waals surface area contributed by atoms with Gasteiger partial charge in [0.05, 0.1) is 35.3 Å². The summed E-state index contributed by atoms with van der Waals surface area (Å²) in [5, 5.41) is 0.856. The molecule has 1 unspecified atom stereocenters. The van der Waals surface area contributed by atoms with E-state index >= 15 is 0 Å². The van der Waals surface area contributed by atoms with Gasteiger partial charge in [-0.25, -0.2) is 9.97 Å². The van der Waals surface area contributed by atoms with Crippen molar-refractivity contribution in [3.63, 3.8) is 0 Å². The zero-order chi connectivity index (χ0) is 21.0. The average molecular weight is 414 g/mol. The molecule has 2 aromatic carbocycles. The van der Waals surface area contributed by atoms with Gasteiger partial charge in [0.2, 0.25) is 5.88 Å². The van der Waals surface area contributed by atoms with Crippen LogP contribution in [0.2, 0.25) is 0 Å². The Hall–Kier alpha value is -3.71. The second-order valence-corrected chi connectivity index (χ2v) is 7.36. The number of morpholine rings is 1. The number of hydrogen-bond acceptors (Lipinski definition) is 5. The molecule has 0 radical (unpaired) electrons. The van der Waals surface area contributed by atoms with E-state index in [1.165, 1.54) is 6.33 Å².